The Morgan fingerprint density at radius 3 is 2.35 bits per heavy atom. The smallest absolute Gasteiger partial charge is 0.304 e. The summed E-state index contributed by atoms with van der Waals surface area (Å²) in [5.41, 5.74) is 2.23. The number of thiophene rings is 1. The lowest BCUT2D eigenvalue weighted by molar-refractivity contribution is -0.137. The molecule has 3 rings (SSSR count). The molecule has 0 radical (unpaired) electrons. The summed E-state index contributed by atoms with van der Waals surface area (Å²) in [5.74, 6) is -1.12. The van der Waals surface area contributed by atoms with Crippen molar-refractivity contribution in [3.8, 4) is 11.1 Å². The van der Waals surface area contributed by atoms with Crippen LogP contribution in [0.1, 0.15) is 12.0 Å². The van der Waals surface area contributed by atoms with Crippen molar-refractivity contribution in [1.29, 1.82) is 0 Å². The summed E-state index contributed by atoms with van der Waals surface area (Å²) in [6, 6.07) is 17.7. The first-order valence-corrected chi connectivity index (χ1v) is 10.6. The van der Waals surface area contributed by atoms with Crippen LogP contribution in [-0.2, 0) is 21.1 Å². The van der Waals surface area contributed by atoms with Gasteiger partial charge in [-0.15, -0.1) is 0 Å². The van der Waals surface area contributed by atoms with Gasteiger partial charge in [0.15, 0.2) is 9.84 Å². The van der Waals surface area contributed by atoms with E-state index in [4.69, 9.17) is 0 Å². The van der Waals surface area contributed by atoms with Crippen molar-refractivity contribution in [2.45, 2.75) is 23.0 Å². The minimum Gasteiger partial charge on any atom is -0.481 e. The third-order valence-electron chi connectivity index (χ3n) is 4.17. The van der Waals surface area contributed by atoms with Crippen LogP contribution >= 0.6 is 11.3 Å². The van der Waals surface area contributed by atoms with Crippen LogP contribution in [0.4, 0.5) is 0 Å². The van der Waals surface area contributed by atoms with Gasteiger partial charge in [-0.1, -0.05) is 48.5 Å². The summed E-state index contributed by atoms with van der Waals surface area (Å²) in [7, 11) is -3.83. The van der Waals surface area contributed by atoms with E-state index in [2.05, 4.69) is 0 Å². The fourth-order valence-electron chi connectivity index (χ4n) is 2.91. The molecule has 6 heteroatoms. The Labute approximate surface area is 156 Å². The zero-order chi connectivity index (χ0) is 18.6. The molecule has 0 saturated heterocycles. The number of carboxylic acids is 1. The Hall–Kier alpha value is -2.44. The molecule has 1 heterocycles. The van der Waals surface area contributed by atoms with Crippen LogP contribution < -0.4 is 0 Å². The first kappa shape index (κ1) is 18.4. The van der Waals surface area contributed by atoms with Crippen molar-refractivity contribution < 1.29 is 18.3 Å². The van der Waals surface area contributed by atoms with Crippen LogP contribution in [-0.4, -0.2) is 24.7 Å². The molecule has 1 atom stereocenters. The third-order valence-corrected chi connectivity index (χ3v) is 7.04. The van der Waals surface area contributed by atoms with Crippen LogP contribution in [0.25, 0.3) is 11.1 Å². The van der Waals surface area contributed by atoms with Crippen LogP contribution in [0.3, 0.4) is 0 Å². The first-order chi connectivity index (χ1) is 12.5. The Morgan fingerprint density at radius 1 is 1.00 bits per heavy atom. The molecule has 0 aliphatic rings. The average Bonchev–Trinajstić information content (AvgIpc) is 3.16. The van der Waals surface area contributed by atoms with E-state index in [1.807, 2.05) is 47.2 Å². The maximum Gasteiger partial charge on any atom is 0.304 e. The summed E-state index contributed by atoms with van der Waals surface area (Å²) >= 11 is 1.49. The highest BCUT2D eigenvalue weighted by Gasteiger charge is 2.32. The molecule has 26 heavy (non-hydrogen) atoms. The Morgan fingerprint density at radius 2 is 1.69 bits per heavy atom. The van der Waals surface area contributed by atoms with Gasteiger partial charge in [0.05, 0.1) is 16.6 Å². The summed E-state index contributed by atoms with van der Waals surface area (Å²) in [5, 5.41) is 12.0. The van der Waals surface area contributed by atoms with Gasteiger partial charge in [0.2, 0.25) is 0 Å². The maximum absolute atomic E-state index is 13.3. The van der Waals surface area contributed by atoms with Crippen LogP contribution in [0.5, 0.6) is 0 Å². The highest BCUT2D eigenvalue weighted by atomic mass is 32.2. The molecule has 3 aromatic rings. The monoisotopic (exact) mass is 386 g/mol. The van der Waals surface area contributed by atoms with Gasteiger partial charge in [-0.05, 0) is 40.4 Å². The van der Waals surface area contributed by atoms with E-state index in [9.17, 15) is 18.3 Å². The fraction of sp³-hybridized carbons (Fsp3) is 0.150. The van der Waals surface area contributed by atoms with Gasteiger partial charge in [0.1, 0.15) is 0 Å². The lowest BCUT2D eigenvalue weighted by atomic mass is 10.1. The molecule has 0 amide bonds. The molecule has 2 aromatic carbocycles. The molecule has 0 spiro atoms. The van der Waals surface area contributed by atoms with Gasteiger partial charge in [0.25, 0.3) is 0 Å². The molecule has 1 unspecified atom stereocenters. The Balaban J connectivity index is 2.05. The molecule has 0 fully saturated rings. The number of carboxylic acid groups (broad SMARTS) is 1. The van der Waals surface area contributed by atoms with Gasteiger partial charge in [-0.25, -0.2) is 8.42 Å². The highest BCUT2D eigenvalue weighted by Crippen LogP contribution is 2.32. The van der Waals surface area contributed by atoms with E-state index in [1.54, 1.807) is 24.3 Å². The van der Waals surface area contributed by atoms with Crippen LogP contribution in [0, 0.1) is 0 Å². The first-order valence-electron chi connectivity index (χ1n) is 8.09. The molecule has 0 aliphatic carbocycles. The van der Waals surface area contributed by atoms with Crippen LogP contribution in [0.2, 0.25) is 0 Å². The standard InChI is InChI=1S/C20H18O4S2/c21-20(22)13-17(12-15-6-2-1-3-7-15)26(23,24)19-9-5-4-8-18(19)16-10-11-25-14-16/h1-11,14,17H,12-13H2,(H,21,22). The van der Waals surface area contributed by atoms with Crippen molar-refractivity contribution in [2.24, 2.45) is 0 Å². The van der Waals surface area contributed by atoms with E-state index in [0.717, 1.165) is 11.1 Å². The number of hydrogen-bond acceptors (Lipinski definition) is 4. The second kappa shape index (κ2) is 7.85. The number of benzene rings is 2. The zero-order valence-electron chi connectivity index (χ0n) is 13.9. The highest BCUT2D eigenvalue weighted by molar-refractivity contribution is 7.92. The van der Waals surface area contributed by atoms with Crippen molar-refractivity contribution >= 4 is 27.1 Å². The van der Waals surface area contributed by atoms with Crippen molar-refractivity contribution in [1.82, 2.24) is 0 Å². The van der Waals surface area contributed by atoms with E-state index in [1.165, 1.54) is 11.3 Å². The normalized spacial score (nSPS) is 12.6. The molecule has 0 bridgehead atoms. The predicted octanol–water partition coefficient (Wildman–Crippen LogP) is 4.27. The second-order valence-electron chi connectivity index (χ2n) is 5.96. The van der Waals surface area contributed by atoms with E-state index >= 15 is 0 Å². The fourth-order valence-corrected chi connectivity index (χ4v) is 5.46. The maximum atomic E-state index is 13.3. The molecule has 4 nitrogen and oxygen atoms in total. The molecule has 1 N–H and O–H groups in total. The lowest BCUT2D eigenvalue weighted by Crippen LogP contribution is -2.27. The zero-order valence-corrected chi connectivity index (χ0v) is 15.5. The van der Waals surface area contributed by atoms with Crippen LogP contribution in [0.15, 0.2) is 76.3 Å². The largest absolute Gasteiger partial charge is 0.481 e. The minimum absolute atomic E-state index is 0.160. The van der Waals surface area contributed by atoms with Crippen molar-refractivity contribution in [3.63, 3.8) is 0 Å². The van der Waals surface area contributed by atoms with Gasteiger partial charge in [-0.2, -0.15) is 11.3 Å². The third kappa shape index (κ3) is 4.03. The summed E-state index contributed by atoms with van der Waals surface area (Å²) < 4.78 is 26.7. The van der Waals surface area contributed by atoms with Gasteiger partial charge in [-0.3, -0.25) is 4.79 Å². The van der Waals surface area contributed by atoms with Gasteiger partial charge < -0.3 is 5.11 Å². The van der Waals surface area contributed by atoms with E-state index in [0.29, 0.717) is 5.56 Å². The average molecular weight is 386 g/mol. The van der Waals surface area contributed by atoms with E-state index < -0.39 is 27.5 Å². The minimum atomic E-state index is -3.83. The molecule has 0 saturated carbocycles. The number of aliphatic carboxylic acids is 1. The van der Waals surface area contributed by atoms with Crippen molar-refractivity contribution in [3.05, 3.63) is 77.0 Å². The topological polar surface area (TPSA) is 71.4 Å². The number of carbonyl (C=O) groups is 1. The molecule has 0 aliphatic heterocycles. The SMILES string of the molecule is O=C(O)CC(Cc1ccccc1)S(=O)(=O)c1ccccc1-c1ccsc1. The molecule has 1 aromatic heterocycles. The summed E-state index contributed by atoms with van der Waals surface area (Å²) in [6.07, 6.45) is -0.275. The van der Waals surface area contributed by atoms with E-state index in [-0.39, 0.29) is 11.3 Å². The molecular formula is C20H18O4S2. The molecular weight excluding hydrogens is 368 g/mol. The predicted molar refractivity (Wildman–Crippen MR) is 103 cm³/mol. The van der Waals surface area contributed by atoms with Gasteiger partial charge >= 0.3 is 5.97 Å². The Kier molecular flexibility index (Phi) is 5.54. The number of hydrogen-bond donors (Lipinski definition) is 1. The summed E-state index contributed by atoms with van der Waals surface area (Å²) in [6.45, 7) is 0. The quantitative estimate of drug-likeness (QED) is 0.658. The van der Waals surface area contributed by atoms with Crippen molar-refractivity contribution in [2.75, 3.05) is 0 Å². The lowest BCUT2D eigenvalue weighted by Gasteiger charge is -2.18. The van der Waals surface area contributed by atoms with Gasteiger partial charge in [0, 0.05) is 5.56 Å². The summed E-state index contributed by atoms with van der Waals surface area (Å²) in [4.78, 5) is 11.5. The second-order valence-corrected chi connectivity index (χ2v) is 8.94. The number of rotatable bonds is 7. The molecule has 134 valence electrons. The number of sulfone groups is 1. The Bertz CT molecular complexity index is 978.